The van der Waals surface area contributed by atoms with Crippen molar-refractivity contribution in [3.05, 3.63) is 48.0 Å². The lowest BCUT2D eigenvalue weighted by Crippen LogP contribution is -2.35. The van der Waals surface area contributed by atoms with Gasteiger partial charge in [0.25, 0.3) is 10.0 Å². The van der Waals surface area contributed by atoms with Crippen LogP contribution in [0.1, 0.15) is 12.0 Å². The maximum atomic E-state index is 13.1. The van der Waals surface area contributed by atoms with Gasteiger partial charge in [0, 0.05) is 19.3 Å². The smallest absolute Gasteiger partial charge is 0.264 e. The van der Waals surface area contributed by atoms with Crippen LogP contribution in [-0.2, 0) is 21.2 Å². The van der Waals surface area contributed by atoms with Crippen molar-refractivity contribution >= 4 is 33.8 Å². The highest BCUT2D eigenvalue weighted by molar-refractivity contribution is 7.92. The lowest BCUT2D eigenvalue weighted by atomic mass is 10.0. The zero-order valence-electron chi connectivity index (χ0n) is 14.6. The van der Waals surface area contributed by atoms with E-state index in [1.165, 1.54) is 4.31 Å². The molecule has 0 spiro atoms. The summed E-state index contributed by atoms with van der Waals surface area (Å²) in [5.74, 6) is 0.610. The van der Waals surface area contributed by atoms with Crippen LogP contribution >= 0.6 is 12.4 Å². The molecule has 0 fully saturated rings. The molecule has 2 aromatic carbocycles. The molecule has 0 saturated carbocycles. The van der Waals surface area contributed by atoms with Gasteiger partial charge in [0.2, 0.25) is 0 Å². The molecule has 3 rings (SSSR count). The lowest BCUT2D eigenvalue weighted by Gasteiger charge is -2.31. The first kappa shape index (κ1) is 20.4. The average molecular weight is 399 g/mol. The van der Waals surface area contributed by atoms with E-state index in [1.54, 1.807) is 43.5 Å². The molecule has 0 amide bonds. The van der Waals surface area contributed by atoms with E-state index in [9.17, 15) is 8.42 Å². The molecular weight excluding hydrogens is 376 g/mol. The number of nitrogens with zero attached hydrogens (tertiary/aromatic N) is 1. The van der Waals surface area contributed by atoms with Gasteiger partial charge in [-0.05, 0) is 54.8 Å². The summed E-state index contributed by atoms with van der Waals surface area (Å²) >= 11 is 0. The molecule has 0 bridgehead atoms. The molecule has 26 heavy (non-hydrogen) atoms. The molecule has 0 aliphatic carbocycles. The van der Waals surface area contributed by atoms with E-state index in [-0.39, 0.29) is 17.3 Å². The van der Waals surface area contributed by atoms with Crippen molar-refractivity contribution in [3.8, 4) is 5.75 Å². The molecular formula is C18H23ClN2O4S. The third kappa shape index (κ3) is 4.06. The van der Waals surface area contributed by atoms with Crippen LogP contribution in [0.3, 0.4) is 0 Å². The summed E-state index contributed by atoms with van der Waals surface area (Å²) in [7, 11) is -2.04. The molecule has 0 aromatic heterocycles. The molecule has 1 heterocycles. The molecule has 0 radical (unpaired) electrons. The van der Waals surface area contributed by atoms with E-state index >= 15 is 0 Å². The molecule has 0 unspecified atom stereocenters. The normalized spacial score (nSPS) is 13.7. The van der Waals surface area contributed by atoms with E-state index in [1.807, 2.05) is 6.07 Å². The predicted molar refractivity (Wildman–Crippen MR) is 105 cm³/mol. The molecule has 6 nitrogen and oxygen atoms in total. The number of anilines is 2. The summed E-state index contributed by atoms with van der Waals surface area (Å²) in [5, 5.41) is 0. The van der Waals surface area contributed by atoms with Crippen molar-refractivity contribution in [2.24, 2.45) is 0 Å². The van der Waals surface area contributed by atoms with Crippen LogP contribution in [0, 0.1) is 0 Å². The van der Waals surface area contributed by atoms with E-state index in [0.717, 1.165) is 18.4 Å². The van der Waals surface area contributed by atoms with Gasteiger partial charge < -0.3 is 15.2 Å². The third-order valence-electron chi connectivity index (χ3n) is 4.21. The second-order valence-corrected chi connectivity index (χ2v) is 7.70. The minimum Gasteiger partial charge on any atom is -0.491 e. The van der Waals surface area contributed by atoms with E-state index in [4.69, 9.17) is 15.2 Å². The highest BCUT2D eigenvalue weighted by atomic mass is 35.5. The number of rotatable bonds is 6. The van der Waals surface area contributed by atoms with Crippen molar-refractivity contribution in [3.63, 3.8) is 0 Å². The van der Waals surface area contributed by atoms with E-state index < -0.39 is 10.0 Å². The Labute approximate surface area is 160 Å². The van der Waals surface area contributed by atoms with Gasteiger partial charge in [-0.3, -0.25) is 4.31 Å². The maximum Gasteiger partial charge on any atom is 0.264 e. The number of methoxy groups -OCH3 is 1. The van der Waals surface area contributed by atoms with Gasteiger partial charge in [-0.1, -0.05) is 6.07 Å². The lowest BCUT2D eigenvalue weighted by molar-refractivity contribution is 0.146. The van der Waals surface area contributed by atoms with Crippen LogP contribution in [0.4, 0.5) is 11.4 Å². The molecule has 8 heteroatoms. The zero-order valence-corrected chi connectivity index (χ0v) is 16.2. The summed E-state index contributed by atoms with van der Waals surface area (Å²) in [6.45, 7) is 1.35. The van der Waals surface area contributed by atoms with E-state index in [0.29, 0.717) is 36.9 Å². The first-order valence-corrected chi connectivity index (χ1v) is 9.60. The van der Waals surface area contributed by atoms with Crippen LogP contribution in [0.25, 0.3) is 0 Å². The molecule has 0 atom stereocenters. The Morgan fingerprint density at radius 2 is 1.85 bits per heavy atom. The highest BCUT2D eigenvalue weighted by Gasteiger charge is 2.29. The fourth-order valence-electron chi connectivity index (χ4n) is 2.95. The van der Waals surface area contributed by atoms with Crippen LogP contribution in [0.2, 0.25) is 0 Å². The average Bonchev–Trinajstić information content (AvgIpc) is 2.62. The van der Waals surface area contributed by atoms with Crippen molar-refractivity contribution in [1.29, 1.82) is 0 Å². The fraction of sp³-hybridized carbons (Fsp3) is 0.333. The Balaban J connectivity index is 0.00000243. The number of fused-ring (bicyclic) bond motifs is 1. The maximum absolute atomic E-state index is 13.1. The fourth-order valence-corrected chi connectivity index (χ4v) is 4.48. The molecule has 2 N–H and O–H groups in total. The van der Waals surface area contributed by atoms with Crippen molar-refractivity contribution in [1.82, 2.24) is 0 Å². The van der Waals surface area contributed by atoms with Crippen LogP contribution in [0.15, 0.2) is 47.4 Å². The predicted octanol–water partition coefficient (Wildman–Crippen LogP) is 2.86. The molecule has 1 aliphatic rings. The first-order chi connectivity index (χ1) is 12.0. The third-order valence-corrected chi connectivity index (χ3v) is 6.04. The van der Waals surface area contributed by atoms with Gasteiger partial charge in [0.05, 0.1) is 17.2 Å². The Kier molecular flexibility index (Phi) is 6.75. The molecule has 1 aliphatic heterocycles. The Morgan fingerprint density at radius 1 is 1.12 bits per heavy atom. The number of sulfonamides is 1. The summed E-state index contributed by atoms with van der Waals surface area (Å²) in [6.07, 6.45) is 1.54. The minimum absolute atomic E-state index is 0. The quantitative estimate of drug-likeness (QED) is 0.597. The number of hydrogen-bond acceptors (Lipinski definition) is 5. The number of halogens is 1. The van der Waals surface area contributed by atoms with Gasteiger partial charge in [-0.15, -0.1) is 12.4 Å². The number of ether oxygens (including phenoxy) is 2. The monoisotopic (exact) mass is 398 g/mol. The Bertz CT molecular complexity index is 841. The summed E-state index contributed by atoms with van der Waals surface area (Å²) < 4.78 is 38.0. The van der Waals surface area contributed by atoms with Gasteiger partial charge >= 0.3 is 0 Å². The van der Waals surface area contributed by atoms with Crippen LogP contribution in [-0.4, -0.2) is 35.3 Å². The zero-order chi connectivity index (χ0) is 17.9. The van der Waals surface area contributed by atoms with Crippen LogP contribution < -0.4 is 14.8 Å². The van der Waals surface area contributed by atoms with Gasteiger partial charge in [-0.2, -0.15) is 0 Å². The second-order valence-electron chi connectivity index (χ2n) is 5.84. The van der Waals surface area contributed by atoms with Crippen molar-refractivity contribution in [2.45, 2.75) is 17.7 Å². The summed E-state index contributed by atoms with van der Waals surface area (Å²) in [4.78, 5) is 0.238. The standard InChI is InChI=1S/C18H22N2O4S.ClH/c1-23-12-13-24-14-7-9-15(10-8-14)25(21,22)20-11-3-4-16-17(19)5-2-6-18(16)20;/h2,5-10H,3-4,11-13,19H2,1H3;1H. The summed E-state index contributed by atoms with van der Waals surface area (Å²) in [5.41, 5.74) is 8.23. The summed E-state index contributed by atoms with van der Waals surface area (Å²) in [6, 6.07) is 11.9. The SMILES string of the molecule is COCCOc1ccc(S(=O)(=O)N2CCCc3c(N)cccc32)cc1.Cl. The van der Waals surface area contributed by atoms with Crippen molar-refractivity contribution in [2.75, 3.05) is 36.9 Å². The van der Waals surface area contributed by atoms with Gasteiger partial charge in [0.15, 0.2) is 0 Å². The number of nitrogens with two attached hydrogens (primary N) is 1. The highest BCUT2D eigenvalue weighted by Crippen LogP contribution is 2.35. The Morgan fingerprint density at radius 3 is 2.54 bits per heavy atom. The molecule has 142 valence electrons. The van der Waals surface area contributed by atoms with Gasteiger partial charge in [0.1, 0.15) is 12.4 Å². The molecule has 2 aromatic rings. The number of benzene rings is 2. The topological polar surface area (TPSA) is 81.9 Å². The second kappa shape index (κ2) is 8.62. The number of hydrogen-bond donors (Lipinski definition) is 1. The number of nitrogen functional groups attached to an aromatic ring is 1. The van der Waals surface area contributed by atoms with Gasteiger partial charge in [-0.25, -0.2) is 8.42 Å². The van der Waals surface area contributed by atoms with Crippen molar-refractivity contribution < 1.29 is 17.9 Å². The van der Waals surface area contributed by atoms with Crippen LogP contribution in [0.5, 0.6) is 5.75 Å². The minimum atomic E-state index is -3.64. The molecule has 0 saturated heterocycles. The largest absolute Gasteiger partial charge is 0.491 e. The van der Waals surface area contributed by atoms with E-state index in [2.05, 4.69) is 0 Å². The first-order valence-electron chi connectivity index (χ1n) is 8.16. The Hall–Kier alpha value is -1.96.